The fourth-order valence-electron chi connectivity index (χ4n) is 3.70. The lowest BCUT2D eigenvalue weighted by atomic mass is 10.1. The van der Waals surface area contributed by atoms with Gasteiger partial charge in [0.25, 0.3) is 0 Å². The Kier molecular flexibility index (Phi) is 7.93. The van der Waals surface area contributed by atoms with Crippen LogP contribution in [0.5, 0.6) is 11.5 Å². The average molecular weight is 459 g/mol. The second-order valence-electron chi connectivity index (χ2n) is 7.75. The fourth-order valence-corrected chi connectivity index (χ4v) is 5.24. The van der Waals surface area contributed by atoms with Crippen molar-refractivity contribution >= 4 is 27.7 Å². The first-order valence-electron chi connectivity index (χ1n) is 10.7. The molecule has 1 heterocycles. The third-order valence-corrected chi connectivity index (χ3v) is 7.33. The van der Waals surface area contributed by atoms with Gasteiger partial charge in [0.05, 0.1) is 24.8 Å². The van der Waals surface area contributed by atoms with Gasteiger partial charge < -0.3 is 14.8 Å². The van der Waals surface area contributed by atoms with Crippen molar-refractivity contribution in [3.8, 4) is 11.5 Å². The van der Waals surface area contributed by atoms with Gasteiger partial charge in [-0.05, 0) is 56.2 Å². The lowest BCUT2D eigenvalue weighted by Gasteiger charge is -2.21. The maximum atomic E-state index is 13.1. The minimum Gasteiger partial charge on any atom is -0.496 e. The first-order valence-corrected chi connectivity index (χ1v) is 12.1. The third kappa shape index (κ3) is 5.69. The highest BCUT2D eigenvalue weighted by Gasteiger charge is 2.26. The van der Waals surface area contributed by atoms with Gasteiger partial charge in [0.1, 0.15) is 11.5 Å². The predicted molar refractivity (Wildman–Crippen MR) is 126 cm³/mol. The smallest absolute Gasteiger partial charge is 0.248 e. The van der Waals surface area contributed by atoms with Crippen LogP contribution in [0.25, 0.3) is 6.08 Å². The van der Waals surface area contributed by atoms with Crippen LogP contribution in [0.1, 0.15) is 36.8 Å². The van der Waals surface area contributed by atoms with Crippen LogP contribution in [0, 0.1) is 6.92 Å². The summed E-state index contributed by atoms with van der Waals surface area (Å²) < 4.78 is 38.5. The van der Waals surface area contributed by atoms with Crippen LogP contribution < -0.4 is 14.8 Å². The number of nitrogens with zero attached hydrogens (tertiary/aromatic N) is 1. The zero-order chi connectivity index (χ0) is 23.1. The number of hydrogen-bond acceptors (Lipinski definition) is 5. The molecule has 0 aromatic heterocycles. The van der Waals surface area contributed by atoms with Crippen LogP contribution in [0.15, 0.2) is 47.4 Å². The third-order valence-electron chi connectivity index (χ3n) is 5.43. The second-order valence-corrected chi connectivity index (χ2v) is 9.69. The Morgan fingerprint density at radius 1 is 0.969 bits per heavy atom. The molecule has 2 aromatic rings. The first-order chi connectivity index (χ1) is 15.3. The largest absolute Gasteiger partial charge is 0.496 e. The summed E-state index contributed by atoms with van der Waals surface area (Å²) in [7, 11) is -0.600. The second kappa shape index (κ2) is 10.7. The summed E-state index contributed by atoms with van der Waals surface area (Å²) in [6.07, 6.45) is 6.82. The number of methoxy groups -OCH3 is 2. The summed E-state index contributed by atoms with van der Waals surface area (Å²) in [5.74, 6) is 0.633. The van der Waals surface area contributed by atoms with E-state index in [2.05, 4.69) is 5.32 Å². The predicted octanol–water partition coefficient (Wildman–Crippen LogP) is 4.23. The summed E-state index contributed by atoms with van der Waals surface area (Å²) >= 11 is 0. The molecule has 32 heavy (non-hydrogen) atoms. The van der Waals surface area contributed by atoms with E-state index >= 15 is 0 Å². The van der Waals surface area contributed by atoms with Gasteiger partial charge in [0.15, 0.2) is 0 Å². The summed E-state index contributed by atoms with van der Waals surface area (Å²) in [4.78, 5) is 12.7. The average Bonchev–Trinajstić information content (AvgIpc) is 3.08. The Morgan fingerprint density at radius 3 is 2.28 bits per heavy atom. The van der Waals surface area contributed by atoms with Gasteiger partial charge in [-0.25, -0.2) is 8.42 Å². The Balaban J connectivity index is 1.83. The maximum Gasteiger partial charge on any atom is 0.248 e. The molecule has 0 unspecified atom stereocenters. The van der Waals surface area contributed by atoms with Gasteiger partial charge in [-0.15, -0.1) is 0 Å². The van der Waals surface area contributed by atoms with Crippen LogP contribution in [-0.4, -0.2) is 45.9 Å². The number of anilines is 1. The van der Waals surface area contributed by atoms with E-state index in [9.17, 15) is 13.2 Å². The Morgan fingerprint density at radius 2 is 1.62 bits per heavy atom. The topological polar surface area (TPSA) is 84.9 Å². The highest BCUT2D eigenvalue weighted by molar-refractivity contribution is 7.89. The van der Waals surface area contributed by atoms with Crippen molar-refractivity contribution in [1.29, 1.82) is 0 Å². The van der Waals surface area contributed by atoms with E-state index in [1.165, 1.54) is 29.6 Å². The Hall–Kier alpha value is -2.84. The molecule has 1 amide bonds. The molecule has 0 aliphatic carbocycles. The highest BCUT2D eigenvalue weighted by Crippen LogP contribution is 2.30. The van der Waals surface area contributed by atoms with Crippen molar-refractivity contribution in [3.63, 3.8) is 0 Å². The standard InChI is InChI=1S/C24H30N2O5S/c1-18-8-11-22(30-2)19(16-18)9-13-24(27)25-21-17-20(10-12-23(21)31-3)32(28,29)26-14-6-4-5-7-15-26/h8-13,16-17H,4-7,14-15H2,1-3H3,(H,25,27)/b13-9+. The van der Waals surface area contributed by atoms with E-state index in [0.29, 0.717) is 30.3 Å². The molecule has 0 bridgehead atoms. The lowest BCUT2D eigenvalue weighted by molar-refractivity contribution is -0.111. The molecule has 0 spiro atoms. The normalized spacial score (nSPS) is 15.3. The van der Waals surface area contributed by atoms with Crippen molar-refractivity contribution in [2.24, 2.45) is 0 Å². The number of ether oxygens (including phenoxy) is 2. The molecule has 0 atom stereocenters. The number of sulfonamides is 1. The molecule has 8 heteroatoms. The molecule has 0 saturated carbocycles. The molecule has 1 N–H and O–H groups in total. The number of aryl methyl sites for hydroxylation is 1. The van der Waals surface area contributed by atoms with Crippen LogP contribution >= 0.6 is 0 Å². The highest BCUT2D eigenvalue weighted by atomic mass is 32.2. The van der Waals surface area contributed by atoms with Crippen molar-refractivity contribution in [2.45, 2.75) is 37.5 Å². The molecular formula is C24H30N2O5S. The molecule has 1 aliphatic heterocycles. The van der Waals surface area contributed by atoms with Gasteiger partial charge in [0.2, 0.25) is 15.9 Å². The van der Waals surface area contributed by atoms with E-state index < -0.39 is 15.9 Å². The molecule has 7 nitrogen and oxygen atoms in total. The molecule has 1 saturated heterocycles. The van der Waals surface area contributed by atoms with Crippen molar-refractivity contribution < 1.29 is 22.7 Å². The quantitative estimate of drug-likeness (QED) is 0.628. The number of nitrogens with one attached hydrogen (secondary N) is 1. The minimum absolute atomic E-state index is 0.139. The van der Waals surface area contributed by atoms with Crippen molar-refractivity contribution in [1.82, 2.24) is 4.31 Å². The SMILES string of the molecule is COc1ccc(C)cc1/C=C/C(=O)Nc1cc(S(=O)(=O)N2CCCCCC2)ccc1OC. The van der Waals surface area contributed by atoms with E-state index in [1.807, 2.05) is 25.1 Å². The molecule has 172 valence electrons. The summed E-state index contributed by atoms with van der Waals surface area (Å²) in [6, 6.07) is 10.2. The van der Waals surface area contributed by atoms with E-state index in [4.69, 9.17) is 9.47 Å². The van der Waals surface area contributed by atoms with Crippen LogP contribution in [0.2, 0.25) is 0 Å². The Bertz CT molecular complexity index is 1090. The monoisotopic (exact) mass is 458 g/mol. The lowest BCUT2D eigenvalue weighted by Crippen LogP contribution is -2.32. The summed E-state index contributed by atoms with van der Waals surface area (Å²) in [6.45, 7) is 2.98. The van der Waals surface area contributed by atoms with Gasteiger partial charge in [-0.1, -0.05) is 24.5 Å². The molecule has 1 aliphatic rings. The molecule has 2 aromatic carbocycles. The number of hydrogen-bond donors (Lipinski definition) is 1. The zero-order valence-corrected chi connectivity index (χ0v) is 19.6. The summed E-state index contributed by atoms with van der Waals surface area (Å²) in [5.41, 5.74) is 2.11. The molecule has 0 radical (unpaired) electrons. The number of rotatable bonds is 7. The maximum absolute atomic E-state index is 13.1. The molecule has 3 rings (SSSR count). The van der Waals surface area contributed by atoms with Gasteiger partial charge in [0, 0.05) is 24.7 Å². The first kappa shape index (κ1) is 23.8. The fraction of sp³-hybridized carbons (Fsp3) is 0.375. The molecular weight excluding hydrogens is 428 g/mol. The van der Waals surface area contributed by atoms with Crippen molar-refractivity contribution in [2.75, 3.05) is 32.6 Å². The van der Waals surface area contributed by atoms with Gasteiger partial charge >= 0.3 is 0 Å². The number of carbonyl (C=O) groups is 1. The van der Waals surface area contributed by atoms with Crippen LogP contribution in [0.4, 0.5) is 5.69 Å². The number of benzene rings is 2. The molecule has 1 fully saturated rings. The summed E-state index contributed by atoms with van der Waals surface area (Å²) in [5, 5.41) is 2.74. The van der Waals surface area contributed by atoms with Gasteiger partial charge in [-0.2, -0.15) is 4.31 Å². The Labute approximate surface area is 190 Å². The zero-order valence-electron chi connectivity index (χ0n) is 18.8. The van der Waals surface area contributed by atoms with Gasteiger partial charge in [-0.3, -0.25) is 4.79 Å². The number of carbonyl (C=O) groups excluding carboxylic acids is 1. The number of amides is 1. The van der Waals surface area contributed by atoms with Crippen LogP contribution in [-0.2, 0) is 14.8 Å². The van der Waals surface area contributed by atoms with E-state index in [0.717, 1.165) is 36.8 Å². The van der Waals surface area contributed by atoms with E-state index in [1.54, 1.807) is 19.3 Å². The van der Waals surface area contributed by atoms with Crippen LogP contribution in [0.3, 0.4) is 0 Å². The van der Waals surface area contributed by atoms with Crippen molar-refractivity contribution in [3.05, 3.63) is 53.6 Å². The minimum atomic E-state index is -3.65. The van der Waals surface area contributed by atoms with E-state index in [-0.39, 0.29) is 4.90 Å².